The highest BCUT2D eigenvalue weighted by Crippen LogP contribution is 2.17. The Bertz CT molecular complexity index is 589. The van der Waals surface area contributed by atoms with E-state index >= 15 is 0 Å². The molecule has 5 heteroatoms. The highest BCUT2D eigenvalue weighted by atomic mass is 15.2. The number of nitrogens with zero attached hydrogens (tertiary/aromatic N) is 4. The average molecular weight is 255 g/mol. The molecule has 0 aromatic carbocycles. The van der Waals surface area contributed by atoms with Gasteiger partial charge < -0.3 is 5.32 Å². The van der Waals surface area contributed by atoms with Crippen molar-refractivity contribution in [2.75, 3.05) is 25.0 Å². The van der Waals surface area contributed by atoms with Crippen molar-refractivity contribution in [2.24, 2.45) is 0 Å². The largest absolute Gasteiger partial charge is 0.368 e. The van der Waals surface area contributed by atoms with Crippen LogP contribution in [0, 0.1) is 11.3 Å². The molecule has 0 aliphatic carbocycles. The van der Waals surface area contributed by atoms with E-state index < -0.39 is 0 Å². The van der Waals surface area contributed by atoms with Crippen LogP contribution in [-0.2, 0) is 0 Å². The summed E-state index contributed by atoms with van der Waals surface area (Å²) in [7, 11) is 0. The van der Waals surface area contributed by atoms with E-state index in [1.165, 1.54) is 0 Å². The molecule has 0 radical (unpaired) electrons. The number of hydrogen-bond donors (Lipinski definition) is 1. The number of hydrogen-bond acceptors (Lipinski definition) is 4. The van der Waals surface area contributed by atoms with Gasteiger partial charge in [-0.3, -0.25) is 9.30 Å². The van der Waals surface area contributed by atoms with Crippen molar-refractivity contribution in [1.82, 2.24) is 14.3 Å². The Kier molecular flexibility index (Phi) is 3.34. The van der Waals surface area contributed by atoms with Crippen molar-refractivity contribution < 1.29 is 0 Å². The van der Waals surface area contributed by atoms with Crippen LogP contribution >= 0.6 is 0 Å². The molecule has 1 fully saturated rings. The van der Waals surface area contributed by atoms with E-state index in [1.807, 2.05) is 24.5 Å². The number of aromatic nitrogens is 2. The van der Waals surface area contributed by atoms with E-state index in [4.69, 9.17) is 5.26 Å². The minimum Gasteiger partial charge on any atom is -0.368 e. The first kappa shape index (κ1) is 12.0. The fraction of sp³-hybridized carbons (Fsp3) is 0.429. The second-order valence-corrected chi connectivity index (χ2v) is 4.92. The van der Waals surface area contributed by atoms with E-state index in [9.17, 15) is 0 Å². The molecule has 1 saturated heterocycles. The number of anilines is 1. The van der Waals surface area contributed by atoms with Gasteiger partial charge in [-0.1, -0.05) is 6.07 Å². The maximum atomic E-state index is 8.70. The van der Waals surface area contributed by atoms with Crippen LogP contribution in [0.25, 0.3) is 5.65 Å². The van der Waals surface area contributed by atoms with Gasteiger partial charge in [0.25, 0.3) is 0 Å². The summed E-state index contributed by atoms with van der Waals surface area (Å²) in [5.74, 6) is 1.09. The van der Waals surface area contributed by atoms with Gasteiger partial charge in [0.05, 0.1) is 12.6 Å². The highest BCUT2D eigenvalue weighted by Gasteiger charge is 2.19. The van der Waals surface area contributed by atoms with E-state index in [-0.39, 0.29) is 0 Å². The zero-order chi connectivity index (χ0) is 13.1. The zero-order valence-corrected chi connectivity index (χ0v) is 10.8. The molecule has 3 rings (SSSR count). The van der Waals surface area contributed by atoms with Gasteiger partial charge in [-0.05, 0) is 25.0 Å². The number of rotatable bonds is 3. The van der Waals surface area contributed by atoms with Crippen LogP contribution in [0.4, 0.5) is 5.82 Å². The highest BCUT2D eigenvalue weighted by molar-refractivity contribution is 5.50. The van der Waals surface area contributed by atoms with Crippen LogP contribution in [-0.4, -0.2) is 40.0 Å². The minimum absolute atomic E-state index is 0.475. The van der Waals surface area contributed by atoms with Gasteiger partial charge in [-0.25, -0.2) is 4.98 Å². The van der Waals surface area contributed by atoms with Crippen LogP contribution in [0.15, 0.2) is 30.6 Å². The first-order valence-corrected chi connectivity index (χ1v) is 6.65. The van der Waals surface area contributed by atoms with E-state index in [2.05, 4.69) is 31.7 Å². The van der Waals surface area contributed by atoms with Gasteiger partial charge in [0.15, 0.2) is 0 Å². The van der Waals surface area contributed by atoms with Gasteiger partial charge in [0.1, 0.15) is 11.5 Å². The summed E-state index contributed by atoms with van der Waals surface area (Å²) < 4.78 is 2.07. The third-order valence-electron chi connectivity index (χ3n) is 3.66. The second kappa shape index (κ2) is 5.29. The Labute approximate surface area is 112 Å². The predicted octanol–water partition coefficient (Wildman–Crippen LogP) is 1.73. The number of imidazole rings is 1. The molecule has 3 heterocycles. The zero-order valence-electron chi connectivity index (χ0n) is 10.8. The maximum Gasteiger partial charge on any atom is 0.138 e. The number of likely N-dealkylation sites (tertiary alicyclic amines) is 1. The molecule has 1 aliphatic rings. The topological polar surface area (TPSA) is 56.4 Å². The van der Waals surface area contributed by atoms with Gasteiger partial charge in [-0.15, -0.1) is 0 Å². The Hall–Kier alpha value is -2.06. The van der Waals surface area contributed by atoms with Crippen molar-refractivity contribution in [2.45, 2.75) is 18.9 Å². The van der Waals surface area contributed by atoms with E-state index in [1.54, 1.807) is 0 Å². The fourth-order valence-electron chi connectivity index (χ4n) is 2.61. The molecular weight excluding hydrogens is 238 g/mol. The lowest BCUT2D eigenvalue weighted by Gasteiger charge is -2.31. The molecular formula is C14H17N5. The molecule has 98 valence electrons. The average Bonchev–Trinajstić information content (AvgIpc) is 2.91. The Morgan fingerprint density at radius 2 is 2.21 bits per heavy atom. The predicted molar refractivity (Wildman–Crippen MR) is 73.9 cm³/mol. The van der Waals surface area contributed by atoms with E-state index in [0.29, 0.717) is 12.6 Å². The van der Waals surface area contributed by atoms with Crippen LogP contribution in [0.2, 0.25) is 0 Å². The standard InChI is InChI=1S/C14H17N5/c15-6-10-18-8-4-12(5-9-18)17-14-3-1-2-13-16-7-11-19(13)14/h1-3,7,11-12,17H,4-5,8-10H2. The quantitative estimate of drug-likeness (QED) is 0.849. The number of nitriles is 1. The maximum absolute atomic E-state index is 8.70. The summed E-state index contributed by atoms with van der Waals surface area (Å²) >= 11 is 0. The summed E-state index contributed by atoms with van der Waals surface area (Å²) in [6.07, 6.45) is 5.94. The van der Waals surface area contributed by atoms with Gasteiger partial charge in [-0.2, -0.15) is 5.26 Å². The molecule has 0 unspecified atom stereocenters. The van der Waals surface area contributed by atoms with Crippen LogP contribution in [0.5, 0.6) is 0 Å². The van der Waals surface area contributed by atoms with Crippen LogP contribution in [0.1, 0.15) is 12.8 Å². The Balaban J connectivity index is 1.67. The number of piperidine rings is 1. The number of fused-ring (bicyclic) bond motifs is 1. The molecule has 2 aromatic rings. The van der Waals surface area contributed by atoms with Gasteiger partial charge in [0, 0.05) is 31.5 Å². The lowest BCUT2D eigenvalue weighted by atomic mass is 10.1. The molecule has 2 aromatic heterocycles. The minimum atomic E-state index is 0.475. The summed E-state index contributed by atoms with van der Waals surface area (Å²) in [5, 5.41) is 12.3. The molecule has 5 nitrogen and oxygen atoms in total. The Morgan fingerprint density at radius 3 is 3.00 bits per heavy atom. The number of nitrogens with one attached hydrogen (secondary N) is 1. The molecule has 0 amide bonds. The lowest BCUT2D eigenvalue weighted by Crippen LogP contribution is -2.39. The molecule has 19 heavy (non-hydrogen) atoms. The molecule has 0 atom stereocenters. The van der Waals surface area contributed by atoms with Crippen LogP contribution < -0.4 is 5.32 Å². The molecule has 0 saturated carbocycles. The van der Waals surface area contributed by atoms with Crippen molar-refractivity contribution >= 4 is 11.5 Å². The molecule has 1 aliphatic heterocycles. The summed E-state index contributed by atoms with van der Waals surface area (Å²) in [6, 6.07) is 8.79. The summed E-state index contributed by atoms with van der Waals surface area (Å²) in [6.45, 7) is 2.53. The summed E-state index contributed by atoms with van der Waals surface area (Å²) in [4.78, 5) is 6.49. The smallest absolute Gasteiger partial charge is 0.138 e. The second-order valence-electron chi connectivity index (χ2n) is 4.92. The third-order valence-corrected chi connectivity index (χ3v) is 3.66. The SMILES string of the molecule is N#CCN1CCC(Nc2cccc3nccn23)CC1. The van der Waals surface area contributed by atoms with Crippen molar-refractivity contribution in [3.05, 3.63) is 30.6 Å². The van der Waals surface area contributed by atoms with Gasteiger partial charge in [0.2, 0.25) is 0 Å². The third kappa shape index (κ3) is 2.54. The fourth-order valence-corrected chi connectivity index (χ4v) is 2.61. The first-order valence-electron chi connectivity index (χ1n) is 6.65. The van der Waals surface area contributed by atoms with Crippen molar-refractivity contribution in [3.8, 4) is 6.07 Å². The molecule has 0 spiro atoms. The normalized spacial score (nSPS) is 17.4. The van der Waals surface area contributed by atoms with E-state index in [0.717, 1.165) is 37.4 Å². The van der Waals surface area contributed by atoms with Crippen molar-refractivity contribution in [1.29, 1.82) is 5.26 Å². The molecule has 1 N–H and O–H groups in total. The molecule has 0 bridgehead atoms. The first-order chi connectivity index (χ1) is 9.36. The lowest BCUT2D eigenvalue weighted by molar-refractivity contribution is 0.242. The number of pyridine rings is 1. The monoisotopic (exact) mass is 255 g/mol. The van der Waals surface area contributed by atoms with Crippen molar-refractivity contribution in [3.63, 3.8) is 0 Å². The van der Waals surface area contributed by atoms with Gasteiger partial charge >= 0.3 is 0 Å². The Morgan fingerprint density at radius 1 is 1.37 bits per heavy atom. The van der Waals surface area contributed by atoms with Crippen LogP contribution in [0.3, 0.4) is 0 Å². The summed E-state index contributed by atoms with van der Waals surface area (Å²) in [5.41, 5.74) is 0.965.